The van der Waals surface area contributed by atoms with Crippen LogP contribution in [0.25, 0.3) is 0 Å². The fourth-order valence-electron chi connectivity index (χ4n) is 1.89. The lowest BCUT2D eigenvalue weighted by atomic mass is 10.1. The summed E-state index contributed by atoms with van der Waals surface area (Å²) < 4.78 is 0. The minimum atomic E-state index is 0.157. The molecule has 0 spiro atoms. The molecule has 1 aromatic carbocycles. The Labute approximate surface area is 109 Å². The van der Waals surface area contributed by atoms with E-state index in [0.29, 0.717) is 6.42 Å². The minimum absolute atomic E-state index is 0.157. The molecule has 0 bridgehead atoms. The molecule has 0 heterocycles. The molecule has 1 amide bonds. The van der Waals surface area contributed by atoms with Gasteiger partial charge in [0.1, 0.15) is 0 Å². The molecule has 1 N–H and O–H groups in total. The fourth-order valence-corrected chi connectivity index (χ4v) is 1.89. The first-order valence-corrected chi connectivity index (χ1v) is 6.54. The van der Waals surface area contributed by atoms with Crippen molar-refractivity contribution < 1.29 is 9.90 Å². The molecule has 3 heteroatoms. The summed E-state index contributed by atoms with van der Waals surface area (Å²) in [6, 6.07) is 8.06. The Hall–Kier alpha value is -1.35. The van der Waals surface area contributed by atoms with Crippen LogP contribution in [0.2, 0.25) is 0 Å². The van der Waals surface area contributed by atoms with Crippen LogP contribution in [-0.2, 0) is 11.2 Å². The normalized spacial score (nSPS) is 10.4. The second-order valence-electron chi connectivity index (χ2n) is 4.77. The van der Waals surface area contributed by atoms with Crippen LogP contribution in [-0.4, -0.2) is 36.1 Å². The van der Waals surface area contributed by atoms with E-state index in [1.54, 1.807) is 4.90 Å². The van der Waals surface area contributed by atoms with Crippen molar-refractivity contribution in [3.63, 3.8) is 0 Å². The minimum Gasteiger partial charge on any atom is -0.396 e. The number of nitrogens with zero attached hydrogens (tertiary/aromatic N) is 1. The molecule has 0 aliphatic carbocycles. The zero-order valence-electron chi connectivity index (χ0n) is 11.4. The van der Waals surface area contributed by atoms with Crippen molar-refractivity contribution in [2.45, 2.75) is 32.6 Å². The average Bonchev–Trinajstić information content (AvgIpc) is 2.34. The molecule has 1 rings (SSSR count). The van der Waals surface area contributed by atoms with Gasteiger partial charge in [-0.25, -0.2) is 0 Å². The molecular formula is C15H23NO2. The van der Waals surface area contributed by atoms with Crippen molar-refractivity contribution in [2.24, 2.45) is 0 Å². The number of amides is 1. The Bertz CT molecular complexity index is 377. The van der Waals surface area contributed by atoms with Crippen molar-refractivity contribution >= 4 is 5.91 Å². The van der Waals surface area contributed by atoms with E-state index in [9.17, 15) is 4.79 Å². The molecule has 0 saturated carbocycles. The largest absolute Gasteiger partial charge is 0.396 e. The van der Waals surface area contributed by atoms with Gasteiger partial charge in [-0.15, -0.1) is 0 Å². The van der Waals surface area contributed by atoms with Crippen LogP contribution in [0, 0.1) is 6.92 Å². The monoisotopic (exact) mass is 249 g/mol. The topological polar surface area (TPSA) is 40.5 Å². The maximum Gasteiger partial charge on any atom is 0.226 e. The first-order chi connectivity index (χ1) is 8.63. The number of unbranched alkanes of at least 4 members (excludes halogenated alkanes) is 2. The Kier molecular flexibility index (Phi) is 6.44. The van der Waals surface area contributed by atoms with Gasteiger partial charge < -0.3 is 10.0 Å². The van der Waals surface area contributed by atoms with Gasteiger partial charge in [0.15, 0.2) is 0 Å². The van der Waals surface area contributed by atoms with Gasteiger partial charge in [-0.05, 0) is 31.7 Å². The van der Waals surface area contributed by atoms with Crippen molar-refractivity contribution in [1.82, 2.24) is 4.90 Å². The van der Waals surface area contributed by atoms with Crippen molar-refractivity contribution in [3.05, 3.63) is 35.4 Å². The number of rotatable bonds is 7. The summed E-state index contributed by atoms with van der Waals surface area (Å²) in [6.45, 7) is 3.04. The standard InChI is InChI=1S/C15H23NO2/c1-13-7-6-8-14(11-13)12-15(18)16(2)9-4-3-5-10-17/h6-8,11,17H,3-5,9-10,12H2,1-2H3. The lowest BCUT2D eigenvalue weighted by molar-refractivity contribution is -0.129. The van der Waals surface area contributed by atoms with E-state index < -0.39 is 0 Å². The Morgan fingerprint density at radius 1 is 1.28 bits per heavy atom. The molecule has 0 aromatic heterocycles. The maximum absolute atomic E-state index is 12.0. The lowest BCUT2D eigenvalue weighted by Gasteiger charge is -2.17. The van der Waals surface area contributed by atoms with Gasteiger partial charge in [0, 0.05) is 20.2 Å². The van der Waals surface area contributed by atoms with Crippen LogP contribution in [0.15, 0.2) is 24.3 Å². The number of hydrogen-bond acceptors (Lipinski definition) is 2. The number of likely N-dealkylation sites (N-methyl/N-ethyl adjacent to an activating group) is 1. The summed E-state index contributed by atoms with van der Waals surface area (Å²) in [4.78, 5) is 13.7. The van der Waals surface area contributed by atoms with E-state index in [2.05, 4.69) is 6.07 Å². The first kappa shape index (κ1) is 14.7. The first-order valence-electron chi connectivity index (χ1n) is 6.54. The second-order valence-corrected chi connectivity index (χ2v) is 4.77. The van der Waals surface area contributed by atoms with Gasteiger partial charge in [0.25, 0.3) is 0 Å². The summed E-state index contributed by atoms with van der Waals surface area (Å²) in [5, 5.41) is 8.68. The molecule has 18 heavy (non-hydrogen) atoms. The zero-order valence-corrected chi connectivity index (χ0v) is 11.4. The van der Waals surface area contributed by atoms with Gasteiger partial charge in [0.05, 0.1) is 6.42 Å². The van der Waals surface area contributed by atoms with Gasteiger partial charge in [-0.3, -0.25) is 4.79 Å². The third-order valence-electron chi connectivity index (χ3n) is 3.02. The number of carbonyl (C=O) groups is 1. The van der Waals surface area contributed by atoms with E-state index in [0.717, 1.165) is 31.4 Å². The maximum atomic E-state index is 12.0. The molecule has 0 unspecified atom stereocenters. The van der Waals surface area contributed by atoms with Crippen LogP contribution in [0.3, 0.4) is 0 Å². The SMILES string of the molecule is Cc1cccc(CC(=O)N(C)CCCCCO)c1. The molecule has 1 aromatic rings. The Balaban J connectivity index is 2.35. The summed E-state index contributed by atoms with van der Waals surface area (Å²) in [5.74, 6) is 0.157. The van der Waals surface area contributed by atoms with Crippen LogP contribution >= 0.6 is 0 Å². The summed E-state index contributed by atoms with van der Waals surface area (Å²) in [6.07, 6.45) is 3.22. The van der Waals surface area contributed by atoms with E-state index in [1.165, 1.54) is 5.56 Å². The third-order valence-corrected chi connectivity index (χ3v) is 3.02. The molecule has 100 valence electrons. The third kappa shape index (κ3) is 5.32. The van der Waals surface area contributed by atoms with E-state index >= 15 is 0 Å². The highest BCUT2D eigenvalue weighted by atomic mass is 16.2. The number of aliphatic hydroxyl groups is 1. The van der Waals surface area contributed by atoms with Crippen LogP contribution < -0.4 is 0 Å². The summed E-state index contributed by atoms with van der Waals surface area (Å²) in [7, 11) is 1.84. The fraction of sp³-hybridized carbons (Fsp3) is 0.533. The number of aliphatic hydroxyl groups excluding tert-OH is 1. The van der Waals surface area contributed by atoms with Gasteiger partial charge >= 0.3 is 0 Å². The van der Waals surface area contributed by atoms with Gasteiger partial charge in [0.2, 0.25) is 5.91 Å². The molecular weight excluding hydrogens is 226 g/mol. The van der Waals surface area contributed by atoms with Crippen molar-refractivity contribution in [1.29, 1.82) is 0 Å². The quantitative estimate of drug-likeness (QED) is 0.752. The predicted molar refractivity (Wildman–Crippen MR) is 73.5 cm³/mol. The van der Waals surface area contributed by atoms with Gasteiger partial charge in [-0.1, -0.05) is 29.8 Å². The highest BCUT2D eigenvalue weighted by Gasteiger charge is 2.09. The molecule has 0 saturated heterocycles. The molecule has 0 fully saturated rings. The molecule has 0 aliphatic rings. The Morgan fingerprint density at radius 2 is 2.06 bits per heavy atom. The highest BCUT2D eigenvalue weighted by molar-refractivity contribution is 5.78. The highest BCUT2D eigenvalue weighted by Crippen LogP contribution is 2.06. The molecule has 3 nitrogen and oxygen atoms in total. The predicted octanol–water partition coefficient (Wildman–Crippen LogP) is 2.16. The molecule has 0 atom stereocenters. The molecule has 0 radical (unpaired) electrons. The van der Waals surface area contributed by atoms with E-state index in [1.807, 2.05) is 32.2 Å². The van der Waals surface area contributed by atoms with Crippen LogP contribution in [0.5, 0.6) is 0 Å². The van der Waals surface area contributed by atoms with Gasteiger partial charge in [-0.2, -0.15) is 0 Å². The summed E-state index contributed by atoms with van der Waals surface area (Å²) in [5.41, 5.74) is 2.26. The van der Waals surface area contributed by atoms with E-state index in [-0.39, 0.29) is 12.5 Å². The smallest absolute Gasteiger partial charge is 0.226 e. The van der Waals surface area contributed by atoms with Crippen LogP contribution in [0.1, 0.15) is 30.4 Å². The average molecular weight is 249 g/mol. The number of benzene rings is 1. The Morgan fingerprint density at radius 3 is 2.72 bits per heavy atom. The lowest BCUT2D eigenvalue weighted by Crippen LogP contribution is -2.29. The summed E-state index contributed by atoms with van der Waals surface area (Å²) >= 11 is 0. The van der Waals surface area contributed by atoms with Crippen molar-refractivity contribution in [3.8, 4) is 0 Å². The molecule has 0 aliphatic heterocycles. The zero-order chi connectivity index (χ0) is 13.4. The second kappa shape index (κ2) is 7.88. The number of hydrogen-bond donors (Lipinski definition) is 1. The number of carbonyl (C=O) groups excluding carboxylic acids is 1. The van der Waals surface area contributed by atoms with Crippen LogP contribution in [0.4, 0.5) is 0 Å². The van der Waals surface area contributed by atoms with Crippen molar-refractivity contribution in [2.75, 3.05) is 20.2 Å². The van der Waals surface area contributed by atoms with E-state index in [4.69, 9.17) is 5.11 Å². The number of aryl methyl sites for hydroxylation is 1.